The summed E-state index contributed by atoms with van der Waals surface area (Å²) in [6.07, 6.45) is -13.3. The maximum absolute atomic E-state index is 13.0. The predicted octanol–water partition coefficient (Wildman–Crippen LogP) is 1.06. The summed E-state index contributed by atoms with van der Waals surface area (Å²) in [6, 6.07) is -3.54. The van der Waals surface area contributed by atoms with E-state index in [4.69, 9.17) is 52.1 Å². The van der Waals surface area contributed by atoms with Crippen LogP contribution in [0.4, 0.5) is 0 Å². The summed E-state index contributed by atoms with van der Waals surface area (Å²) >= 11 is 0. The molecule has 4 heterocycles. The van der Waals surface area contributed by atoms with Gasteiger partial charge in [0, 0.05) is 47.2 Å². The van der Waals surface area contributed by atoms with Gasteiger partial charge < -0.3 is 88.5 Å². The molecular formula is C46H83N3O18. The third kappa shape index (κ3) is 15.9. The lowest BCUT2D eigenvalue weighted by molar-refractivity contribution is -0.382. The van der Waals surface area contributed by atoms with Crippen molar-refractivity contribution in [1.82, 2.24) is 16.0 Å². The quantitative estimate of drug-likeness (QED) is 0.0598. The van der Waals surface area contributed by atoms with Gasteiger partial charge in [-0.25, -0.2) is 0 Å². The first-order valence-electron chi connectivity index (χ1n) is 24.5. The summed E-state index contributed by atoms with van der Waals surface area (Å²) in [7, 11) is 0. The Morgan fingerprint density at radius 3 is 1.34 bits per heavy atom. The molecule has 0 bridgehead atoms. The molecule has 3 amide bonds. The van der Waals surface area contributed by atoms with Crippen molar-refractivity contribution >= 4 is 17.7 Å². The number of amides is 3. The normalized spacial score (nSPS) is 39.1. The largest absolute Gasteiger partial charge is 0.394 e. The molecule has 0 aliphatic carbocycles. The number of hydrogen-bond acceptors (Lipinski definition) is 18. The minimum absolute atomic E-state index is 0.251. The van der Waals surface area contributed by atoms with Crippen LogP contribution in [-0.2, 0) is 66.5 Å². The zero-order valence-corrected chi connectivity index (χ0v) is 41.2. The molecule has 4 fully saturated rings. The van der Waals surface area contributed by atoms with E-state index in [0.29, 0.717) is 32.7 Å². The smallest absolute Gasteiger partial charge is 0.217 e. The van der Waals surface area contributed by atoms with Crippen LogP contribution in [0.2, 0.25) is 0 Å². The number of ether oxygens (including phenoxy) is 11. The van der Waals surface area contributed by atoms with Gasteiger partial charge in [-0.15, -0.1) is 0 Å². The molecule has 390 valence electrons. The monoisotopic (exact) mass is 966 g/mol. The fraction of sp³-hybridized carbons (Fsp3) is 0.935. The first-order valence-corrected chi connectivity index (χ1v) is 24.5. The molecule has 7 N–H and O–H groups in total. The Labute approximate surface area is 396 Å². The minimum Gasteiger partial charge on any atom is -0.394 e. The topological polar surface area (TPSA) is 270 Å². The second-order valence-electron chi connectivity index (χ2n) is 18.1. The van der Waals surface area contributed by atoms with Gasteiger partial charge in [0.15, 0.2) is 25.2 Å². The van der Waals surface area contributed by atoms with E-state index in [0.717, 1.165) is 38.5 Å². The summed E-state index contributed by atoms with van der Waals surface area (Å²) in [5.74, 6) is -1.49. The van der Waals surface area contributed by atoms with E-state index in [1.807, 2.05) is 27.7 Å². The van der Waals surface area contributed by atoms with Crippen LogP contribution in [0.1, 0.15) is 121 Å². The van der Waals surface area contributed by atoms with Crippen LogP contribution in [-0.4, -0.2) is 194 Å². The fourth-order valence-corrected chi connectivity index (χ4v) is 8.78. The Balaban J connectivity index is 1.83. The van der Waals surface area contributed by atoms with E-state index < -0.39 is 141 Å². The van der Waals surface area contributed by atoms with Crippen molar-refractivity contribution in [3.63, 3.8) is 0 Å². The van der Waals surface area contributed by atoms with E-state index >= 15 is 0 Å². The molecular weight excluding hydrogens is 883 g/mol. The van der Waals surface area contributed by atoms with Gasteiger partial charge in [0.2, 0.25) is 17.7 Å². The lowest BCUT2D eigenvalue weighted by Gasteiger charge is -2.52. The Kier molecular flexibility index (Phi) is 24.5. The molecule has 4 rings (SSSR count). The fourth-order valence-electron chi connectivity index (χ4n) is 8.78. The number of aliphatic hydroxyl groups excluding tert-OH is 4. The van der Waals surface area contributed by atoms with Crippen LogP contribution in [0.5, 0.6) is 0 Å². The summed E-state index contributed by atoms with van der Waals surface area (Å²) in [6.45, 7) is 17.7. The lowest BCUT2D eigenvalue weighted by atomic mass is 9.93. The van der Waals surface area contributed by atoms with Crippen molar-refractivity contribution < 1.29 is 86.9 Å². The first kappa shape index (κ1) is 57.4. The SMILES string of the molecule is CCCCOC1[C@H](OCCCC)C(C)O[C@@H](O[C@H]2C(OCCCC)[C@H](OCCCC)C(CO)O[C@H]2OC2[C@H](O)C(C)O[C@@H](OC3[C@@H](O)C(C)O[C@@H](O)[C@H]3NC(C)=O)[C@H]2NC(C)=O)[C@H]1NC(C)=O. The van der Waals surface area contributed by atoms with Gasteiger partial charge in [0.25, 0.3) is 0 Å². The summed E-state index contributed by atoms with van der Waals surface area (Å²) in [5.41, 5.74) is 0. The number of hydrogen-bond donors (Lipinski definition) is 7. The molecule has 0 aromatic rings. The molecule has 4 aliphatic rings. The van der Waals surface area contributed by atoms with Crippen LogP contribution in [0.25, 0.3) is 0 Å². The van der Waals surface area contributed by atoms with E-state index in [1.54, 1.807) is 6.92 Å². The molecule has 20 atom stereocenters. The molecule has 8 unspecified atom stereocenters. The number of carbonyl (C=O) groups excluding carboxylic acids is 3. The van der Waals surface area contributed by atoms with Gasteiger partial charge in [0.1, 0.15) is 79.2 Å². The highest BCUT2D eigenvalue weighted by molar-refractivity contribution is 5.74. The maximum Gasteiger partial charge on any atom is 0.217 e. The number of rotatable bonds is 26. The highest BCUT2D eigenvalue weighted by atomic mass is 16.8. The van der Waals surface area contributed by atoms with Crippen molar-refractivity contribution in [2.45, 2.75) is 243 Å². The lowest BCUT2D eigenvalue weighted by Crippen LogP contribution is -2.71. The molecule has 4 aliphatic heterocycles. The van der Waals surface area contributed by atoms with Crippen molar-refractivity contribution in [3.05, 3.63) is 0 Å². The highest BCUT2D eigenvalue weighted by Gasteiger charge is 2.57. The number of nitrogens with one attached hydrogen (secondary N) is 3. The molecule has 4 saturated heterocycles. The Hall–Kier alpha value is -2.19. The third-order valence-electron chi connectivity index (χ3n) is 12.4. The molecule has 0 radical (unpaired) electrons. The van der Waals surface area contributed by atoms with E-state index in [9.17, 15) is 34.8 Å². The number of unbranched alkanes of at least 4 members (excludes halogenated alkanes) is 4. The average Bonchev–Trinajstić information content (AvgIpc) is 3.27. The second kappa shape index (κ2) is 28.6. The van der Waals surface area contributed by atoms with E-state index in [2.05, 4.69) is 22.9 Å². The average molecular weight is 966 g/mol. The van der Waals surface area contributed by atoms with Crippen molar-refractivity contribution in [2.75, 3.05) is 33.0 Å². The zero-order valence-electron chi connectivity index (χ0n) is 41.2. The molecule has 0 aromatic carbocycles. The molecule has 67 heavy (non-hydrogen) atoms. The first-order chi connectivity index (χ1) is 32.0. The summed E-state index contributed by atoms with van der Waals surface area (Å²) in [4.78, 5) is 38.3. The Bertz CT molecular complexity index is 1470. The predicted molar refractivity (Wildman–Crippen MR) is 239 cm³/mol. The van der Waals surface area contributed by atoms with Crippen LogP contribution < -0.4 is 16.0 Å². The van der Waals surface area contributed by atoms with Crippen LogP contribution in [0.3, 0.4) is 0 Å². The van der Waals surface area contributed by atoms with Crippen molar-refractivity contribution in [3.8, 4) is 0 Å². The van der Waals surface area contributed by atoms with Gasteiger partial charge in [0.05, 0.1) is 24.9 Å². The third-order valence-corrected chi connectivity index (χ3v) is 12.4. The molecule has 21 nitrogen and oxygen atoms in total. The van der Waals surface area contributed by atoms with Gasteiger partial charge in [-0.1, -0.05) is 53.4 Å². The van der Waals surface area contributed by atoms with Gasteiger partial charge in [-0.2, -0.15) is 0 Å². The zero-order chi connectivity index (χ0) is 49.4. The molecule has 21 heteroatoms. The maximum atomic E-state index is 13.0. The second-order valence-corrected chi connectivity index (χ2v) is 18.1. The molecule has 0 spiro atoms. The van der Waals surface area contributed by atoms with Crippen molar-refractivity contribution in [1.29, 1.82) is 0 Å². The van der Waals surface area contributed by atoms with Gasteiger partial charge in [-0.3, -0.25) is 14.4 Å². The van der Waals surface area contributed by atoms with E-state index in [1.165, 1.54) is 27.7 Å². The number of carbonyl (C=O) groups is 3. The molecule has 0 saturated carbocycles. The van der Waals surface area contributed by atoms with Gasteiger partial charge in [-0.05, 0) is 46.5 Å². The van der Waals surface area contributed by atoms with Crippen molar-refractivity contribution in [2.24, 2.45) is 0 Å². The number of aliphatic hydroxyl groups is 4. The summed E-state index contributed by atoms with van der Waals surface area (Å²) in [5, 5.41) is 53.4. The standard InChI is InChI=1S/C46H83N3O18/c1-11-15-19-57-36-26(7)63-45(33(49-29(10)53)40(36)59-21-17-13-3)67-42-41(60-22-18-14-4)37(58-20-16-12-2)30(23-50)64-46(42)66-39-32(48-28(9)52)44(62-25(6)35(39)55)65-38-31(47-27(8)51)43(56)61-24(5)34(38)54/h24-26,30-46,50,54-56H,11-23H2,1-10H3,(H,47,51)(H,48,52)(H,49,53)/t24?,25?,26?,30?,31-,32-,33-,34-,35+,36+,37+,38?,39?,40?,41?,42-,43+,44-,45-,46-/m0/s1. The molecule has 0 aromatic heterocycles. The van der Waals surface area contributed by atoms with E-state index in [-0.39, 0.29) is 12.5 Å². The Morgan fingerprint density at radius 1 is 0.463 bits per heavy atom. The Morgan fingerprint density at radius 2 is 0.851 bits per heavy atom. The highest BCUT2D eigenvalue weighted by Crippen LogP contribution is 2.37. The minimum atomic E-state index is -1.59. The van der Waals surface area contributed by atoms with Crippen LogP contribution in [0, 0.1) is 0 Å². The van der Waals surface area contributed by atoms with Crippen LogP contribution in [0.15, 0.2) is 0 Å². The van der Waals surface area contributed by atoms with Gasteiger partial charge >= 0.3 is 0 Å². The summed E-state index contributed by atoms with van der Waals surface area (Å²) < 4.78 is 71.1. The van der Waals surface area contributed by atoms with Crippen LogP contribution >= 0.6 is 0 Å².